The normalized spacial score (nSPS) is 24.8. The zero-order valence-electron chi connectivity index (χ0n) is 12.8. The van der Waals surface area contributed by atoms with E-state index in [4.69, 9.17) is 0 Å². The molecular formula is C15H29N3O. The van der Waals surface area contributed by atoms with Crippen LogP contribution in [0.5, 0.6) is 0 Å². The van der Waals surface area contributed by atoms with Crippen LogP contribution in [0.15, 0.2) is 0 Å². The second kappa shape index (κ2) is 5.80. The highest BCUT2D eigenvalue weighted by molar-refractivity contribution is 5.79. The lowest BCUT2D eigenvalue weighted by atomic mass is 9.88. The zero-order valence-corrected chi connectivity index (χ0v) is 12.8. The van der Waals surface area contributed by atoms with E-state index in [0.717, 1.165) is 39.0 Å². The molecule has 2 aliphatic rings. The number of hydrogen-bond donors (Lipinski definition) is 2. The first-order chi connectivity index (χ1) is 8.88. The molecule has 0 aromatic rings. The molecular weight excluding hydrogens is 238 g/mol. The van der Waals surface area contributed by atoms with Gasteiger partial charge in [0.25, 0.3) is 0 Å². The van der Waals surface area contributed by atoms with Gasteiger partial charge in [-0.25, -0.2) is 0 Å². The number of likely N-dealkylation sites (tertiary alicyclic amines) is 1. The maximum absolute atomic E-state index is 12.2. The van der Waals surface area contributed by atoms with Gasteiger partial charge in [-0.1, -0.05) is 6.92 Å². The first kappa shape index (κ1) is 14.8. The summed E-state index contributed by atoms with van der Waals surface area (Å²) in [7, 11) is 0. The van der Waals surface area contributed by atoms with Crippen LogP contribution in [0.3, 0.4) is 0 Å². The molecule has 19 heavy (non-hydrogen) atoms. The minimum Gasteiger partial charge on any atom is -0.353 e. The number of piperidine rings is 1. The lowest BCUT2D eigenvalue weighted by Crippen LogP contribution is -2.54. The molecule has 2 aliphatic heterocycles. The van der Waals surface area contributed by atoms with E-state index >= 15 is 0 Å². The predicted octanol–water partition coefficient (Wildman–Crippen LogP) is 1.22. The largest absolute Gasteiger partial charge is 0.353 e. The maximum Gasteiger partial charge on any atom is 0.223 e. The van der Waals surface area contributed by atoms with Crippen LogP contribution in [-0.2, 0) is 4.79 Å². The summed E-state index contributed by atoms with van der Waals surface area (Å²) in [6.45, 7) is 13.0. The van der Waals surface area contributed by atoms with Crippen molar-refractivity contribution in [3.63, 3.8) is 0 Å². The van der Waals surface area contributed by atoms with Crippen molar-refractivity contribution >= 4 is 5.91 Å². The highest BCUT2D eigenvalue weighted by Gasteiger charge is 2.31. The molecule has 1 unspecified atom stereocenters. The lowest BCUT2D eigenvalue weighted by Gasteiger charge is -2.41. The molecule has 1 atom stereocenters. The summed E-state index contributed by atoms with van der Waals surface area (Å²) in [5.41, 5.74) is 0.250. The average molecular weight is 267 g/mol. The van der Waals surface area contributed by atoms with Gasteiger partial charge in [0.1, 0.15) is 0 Å². The molecule has 2 N–H and O–H groups in total. The van der Waals surface area contributed by atoms with Crippen LogP contribution in [0.4, 0.5) is 0 Å². The van der Waals surface area contributed by atoms with Gasteiger partial charge >= 0.3 is 0 Å². The molecule has 2 fully saturated rings. The van der Waals surface area contributed by atoms with Crippen LogP contribution in [0.2, 0.25) is 0 Å². The van der Waals surface area contributed by atoms with E-state index in [0.29, 0.717) is 12.0 Å². The number of amides is 1. The Morgan fingerprint density at radius 3 is 2.26 bits per heavy atom. The van der Waals surface area contributed by atoms with E-state index in [1.54, 1.807) is 0 Å². The van der Waals surface area contributed by atoms with Gasteiger partial charge in [0, 0.05) is 30.6 Å². The van der Waals surface area contributed by atoms with Crippen LogP contribution in [0.1, 0.15) is 40.5 Å². The Hall–Kier alpha value is -0.610. The molecule has 110 valence electrons. The van der Waals surface area contributed by atoms with Crippen molar-refractivity contribution in [2.45, 2.75) is 52.1 Å². The molecule has 0 aromatic heterocycles. The number of carbonyl (C=O) groups excluding carboxylic acids is 1. The minimum atomic E-state index is 0.155. The van der Waals surface area contributed by atoms with Crippen LogP contribution in [-0.4, -0.2) is 48.6 Å². The summed E-state index contributed by atoms with van der Waals surface area (Å²) in [6, 6.07) is 0.376. The van der Waals surface area contributed by atoms with Gasteiger partial charge in [0.15, 0.2) is 0 Å². The van der Waals surface area contributed by atoms with Gasteiger partial charge in [-0.2, -0.15) is 0 Å². The number of rotatable bonds is 3. The topological polar surface area (TPSA) is 44.4 Å². The molecule has 4 nitrogen and oxygen atoms in total. The lowest BCUT2D eigenvalue weighted by molar-refractivity contribution is -0.127. The summed E-state index contributed by atoms with van der Waals surface area (Å²) in [4.78, 5) is 14.7. The van der Waals surface area contributed by atoms with Crippen LogP contribution < -0.4 is 10.6 Å². The van der Waals surface area contributed by atoms with Gasteiger partial charge in [0.2, 0.25) is 5.91 Å². The predicted molar refractivity (Wildman–Crippen MR) is 78.0 cm³/mol. The van der Waals surface area contributed by atoms with Crippen molar-refractivity contribution in [2.24, 2.45) is 11.8 Å². The zero-order chi connectivity index (χ0) is 14.0. The van der Waals surface area contributed by atoms with E-state index in [-0.39, 0.29) is 17.4 Å². The average Bonchev–Trinajstić information content (AvgIpc) is 2.26. The molecule has 0 spiro atoms. The third-order valence-corrected chi connectivity index (χ3v) is 4.72. The standard InChI is InChI=1S/C15H29N3O/c1-11(12-9-16-10-12)14(19)17-13-5-7-18(8-6-13)15(2,3)4/h11-13,16H,5-10H2,1-4H3,(H,17,19). The highest BCUT2D eigenvalue weighted by atomic mass is 16.1. The van der Waals surface area contributed by atoms with Crippen molar-refractivity contribution in [3.05, 3.63) is 0 Å². The fourth-order valence-electron chi connectivity index (χ4n) is 2.91. The van der Waals surface area contributed by atoms with E-state index in [9.17, 15) is 4.79 Å². The van der Waals surface area contributed by atoms with Gasteiger partial charge in [-0.05, 0) is 52.6 Å². The summed E-state index contributed by atoms with van der Waals surface area (Å²) in [5.74, 6) is 0.942. The molecule has 0 saturated carbocycles. The first-order valence-corrected chi connectivity index (χ1v) is 7.64. The third-order valence-electron chi connectivity index (χ3n) is 4.72. The van der Waals surface area contributed by atoms with Crippen molar-refractivity contribution in [1.29, 1.82) is 0 Å². The summed E-state index contributed by atoms with van der Waals surface area (Å²) in [5, 5.41) is 6.48. The molecule has 0 aromatic carbocycles. The van der Waals surface area contributed by atoms with Gasteiger partial charge in [-0.15, -0.1) is 0 Å². The Bertz CT molecular complexity index is 312. The van der Waals surface area contributed by atoms with Gasteiger partial charge in [-0.3, -0.25) is 9.69 Å². The SMILES string of the molecule is CC(C(=O)NC1CCN(C(C)(C)C)CC1)C1CNC1. The van der Waals surface area contributed by atoms with E-state index in [2.05, 4.69) is 43.2 Å². The molecule has 1 amide bonds. The molecule has 2 saturated heterocycles. The molecule has 0 bridgehead atoms. The second-order valence-electron chi connectivity index (χ2n) is 7.15. The Labute approximate surface area is 117 Å². The Balaban J connectivity index is 1.74. The molecule has 2 rings (SSSR count). The van der Waals surface area contributed by atoms with Crippen LogP contribution in [0, 0.1) is 11.8 Å². The maximum atomic E-state index is 12.2. The van der Waals surface area contributed by atoms with Crippen LogP contribution >= 0.6 is 0 Å². The summed E-state index contributed by atoms with van der Waals surface area (Å²) >= 11 is 0. The van der Waals surface area contributed by atoms with Gasteiger partial charge in [0.05, 0.1) is 0 Å². The number of nitrogens with zero attached hydrogens (tertiary/aromatic N) is 1. The van der Waals surface area contributed by atoms with E-state index in [1.165, 1.54) is 0 Å². The molecule has 2 heterocycles. The second-order valence-corrected chi connectivity index (χ2v) is 7.15. The van der Waals surface area contributed by atoms with Crippen molar-refractivity contribution < 1.29 is 4.79 Å². The fraction of sp³-hybridized carbons (Fsp3) is 0.933. The fourth-order valence-corrected chi connectivity index (χ4v) is 2.91. The van der Waals surface area contributed by atoms with Crippen LogP contribution in [0.25, 0.3) is 0 Å². The Morgan fingerprint density at radius 2 is 1.84 bits per heavy atom. The Kier molecular flexibility index (Phi) is 4.51. The number of carbonyl (C=O) groups is 1. The van der Waals surface area contributed by atoms with Crippen molar-refractivity contribution in [2.75, 3.05) is 26.2 Å². The minimum absolute atomic E-state index is 0.155. The Morgan fingerprint density at radius 1 is 1.26 bits per heavy atom. The first-order valence-electron chi connectivity index (χ1n) is 7.64. The molecule has 0 radical (unpaired) electrons. The van der Waals surface area contributed by atoms with Gasteiger partial charge < -0.3 is 10.6 Å². The van der Waals surface area contributed by atoms with Crippen molar-refractivity contribution in [3.8, 4) is 0 Å². The monoisotopic (exact) mass is 267 g/mol. The quantitative estimate of drug-likeness (QED) is 0.808. The summed E-state index contributed by atoms with van der Waals surface area (Å²) < 4.78 is 0. The van der Waals surface area contributed by atoms with Crippen molar-refractivity contribution in [1.82, 2.24) is 15.5 Å². The van der Waals surface area contributed by atoms with E-state index in [1.807, 2.05) is 0 Å². The third kappa shape index (κ3) is 3.69. The molecule has 4 heteroatoms. The molecule has 0 aliphatic carbocycles. The summed E-state index contributed by atoms with van der Waals surface area (Å²) in [6.07, 6.45) is 2.16. The van der Waals surface area contributed by atoms with E-state index < -0.39 is 0 Å². The smallest absolute Gasteiger partial charge is 0.223 e. The number of hydrogen-bond acceptors (Lipinski definition) is 3. The highest BCUT2D eigenvalue weighted by Crippen LogP contribution is 2.21. The number of nitrogens with one attached hydrogen (secondary N) is 2.